The van der Waals surface area contributed by atoms with E-state index in [0.717, 1.165) is 9.13 Å². The maximum Gasteiger partial charge on any atom is 0.488 e. The van der Waals surface area contributed by atoms with Crippen LogP contribution in [0.4, 0.5) is 9.70 Å². The number of halogens is 1. The van der Waals surface area contributed by atoms with Crippen molar-refractivity contribution in [1.82, 2.24) is 14.1 Å². The topological polar surface area (TPSA) is 126 Å². The molecule has 2 heterocycles. The molecule has 2 N–H and O–H groups in total. The van der Waals surface area contributed by atoms with Crippen LogP contribution in [0.25, 0.3) is 21.8 Å². The number of rotatable bonds is 4. The number of hydrogen-bond acceptors (Lipinski definition) is 8. The molecule has 3 aromatic rings. The fraction of sp³-hybridized carbons (Fsp3) is 0.133. The molecule has 0 unspecified atom stereocenters. The highest BCUT2D eigenvalue weighted by Crippen LogP contribution is 2.30. The standard InChI is InChI=1S/C15H13FN4O5S2/c1-19-12(17)11(14(21)20(2)15(19)22)10-7-26-13(18-10)8-3-5-9(6-4-8)25-27(16,23)24/h3-7H,17H2,1-2H3. The Morgan fingerprint density at radius 2 is 1.78 bits per heavy atom. The number of nitrogens with two attached hydrogens (primary N) is 1. The van der Waals surface area contributed by atoms with Gasteiger partial charge in [0.2, 0.25) is 0 Å². The van der Waals surface area contributed by atoms with Crippen LogP contribution in [0.2, 0.25) is 0 Å². The quantitative estimate of drug-likeness (QED) is 0.635. The van der Waals surface area contributed by atoms with Gasteiger partial charge in [-0.15, -0.1) is 11.3 Å². The van der Waals surface area contributed by atoms with Gasteiger partial charge in [0.1, 0.15) is 22.1 Å². The van der Waals surface area contributed by atoms with Crippen molar-refractivity contribution >= 4 is 27.7 Å². The molecule has 0 aliphatic rings. The lowest BCUT2D eigenvalue weighted by atomic mass is 10.2. The van der Waals surface area contributed by atoms with E-state index in [4.69, 9.17) is 5.73 Å². The van der Waals surface area contributed by atoms with E-state index < -0.39 is 21.8 Å². The normalized spacial score (nSPS) is 11.5. The minimum Gasteiger partial charge on any atom is -0.384 e. The second kappa shape index (κ2) is 6.63. The van der Waals surface area contributed by atoms with E-state index in [1.54, 1.807) is 5.38 Å². The summed E-state index contributed by atoms with van der Waals surface area (Å²) >= 11 is 1.21. The minimum atomic E-state index is -5.10. The molecule has 27 heavy (non-hydrogen) atoms. The highest BCUT2D eigenvalue weighted by molar-refractivity contribution is 7.81. The lowest BCUT2D eigenvalue weighted by Gasteiger charge is -2.09. The lowest BCUT2D eigenvalue weighted by molar-refractivity contribution is 0.440. The summed E-state index contributed by atoms with van der Waals surface area (Å²) < 4.78 is 39.7. The zero-order valence-corrected chi connectivity index (χ0v) is 15.7. The molecule has 0 atom stereocenters. The van der Waals surface area contributed by atoms with E-state index in [9.17, 15) is 21.9 Å². The van der Waals surface area contributed by atoms with Gasteiger partial charge in [0.05, 0.1) is 5.69 Å². The Hall–Kier alpha value is -2.99. The Morgan fingerprint density at radius 3 is 2.37 bits per heavy atom. The number of hydrogen-bond donors (Lipinski definition) is 1. The summed E-state index contributed by atoms with van der Waals surface area (Å²) in [6.07, 6.45) is 0. The molecule has 0 saturated heterocycles. The van der Waals surface area contributed by atoms with Gasteiger partial charge in [-0.1, -0.05) is 3.89 Å². The number of nitrogen functional groups attached to an aromatic ring is 1. The first-order chi connectivity index (χ1) is 12.6. The monoisotopic (exact) mass is 412 g/mol. The summed E-state index contributed by atoms with van der Waals surface area (Å²) in [6, 6.07) is 5.52. The van der Waals surface area contributed by atoms with Crippen LogP contribution >= 0.6 is 11.3 Å². The first-order valence-corrected chi connectivity index (χ1v) is 9.53. The zero-order chi connectivity index (χ0) is 19.9. The van der Waals surface area contributed by atoms with Crippen molar-refractivity contribution in [3.63, 3.8) is 0 Å². The van der Waals surface area contributed by atoms with Gasteiger partial charge >= 0.3 is 16.2 Å². The maximum atomic E-state index is 12.5. The Morgan fingerprint density at radius 1 is 1.15 bits per heavy atom. The fourth-order valence-electron chi connectivity index (χ4n) is 2.39. The summed E-state index contributed by atoms with van der Waals surface area (Å²) in [7, 11) is -2.30. The molecule has 12 heteroatoms. The smallest absolute Gasteiger partial charge is 0.384 e. The fourth-order valence-corrected chi connectivity index (χ4v) is 3.55. The van der Waals surface area contributed by atoms with Crippen LogP contribution in [0.15, 0.2) is 39.2 Å². The van der Waals surface area contributed by atoms with Crippen LogP contribution in [-0.2, 0) is 24.6 Å². The molecule has 0 fully saturated rings. The second-order valence-corrected chi connectivity index (χ2v) is 7.32. The molecule has 3 rings (SSSR count). The molecule has 0 spiro atoms. The van der Waals surface area contributed by atoms with Crippen molar-refractivity contribution in [1.29, 1.82) is 0 Å². The van der Waals surface area contributed by atoms with Crippen molar-refractivity contribution in [3.8, 4) is 27.6 Å². The number of aromatic nitrogens is 3. The van der Waals surface area contributed by atoms with E-state index in [0.29, 0.717) is 16.3 Å². The van der Waals surface area contributed by atoms with Crippen LogP contribution in [0, 0.1) is 0 Å². The van der Waals surface area contributed by atoms with E-state index in [1.165, 1.54) is 49.7 Å². The molecule has 1 aromatic carbocycles. The number of nitrogens with zero attached hydrogens (tertiary/aromatic N) is 3. The summed E-state index contributed by atoms with van der Waals surface area (Å²) in [5, 5.41) is 2.12. The van der Waals surface area contributed by atoms with Gasteiger partial charge in [-0.3, -0.25) is 13.9 Å². The molecule has 0 amide bonds. The van der Waals surface area contributed by atoms with Crippen LogP contribution in [0.3, 0.4) is 0 Å². The number of benzene rings is 1. The number of anilines is 1. The summed E-state index contributed by atoms with van der Waals surface area (Å²) in [6.45, 7) is 0. The van der Waals surface area contributed by atoms with Crippen molar-refractivity contribution in [2.24, 2.45) is 14.1 Å². The van der Waals surface area contributed by atoms with Crippen LogP contribution in [0.1, 0.15) is 0 Å². The molecule has 2 aromatic heterocycles. The molecular weight excluding hydrogens is 399 g/mol. The van der Waals surface area contributed by atoms with Gasteiger partial charge in [0.15, 0.2) is 0 Å². The Labute approximate surface area is 156 Å². The minimum absolute atomic E-state index is 0.00292. The van der Waals surface area contributed by atoms with E-state index >= 15 is 0 Å². The maximum absolute atomic E-state index is 12.5. The predicted molar refractivity (Wildman–Crippen MR) is 98.5 cm³/mol. The Balaban J connectivity index is 2.02. The van der Waals surface area contributed by atoms with Crippen molar-refractivity contribution in [2.45, 2.75) is 0 Å². The van der Waals surface area contributed by atoms with Crippen molar-refractivity contribution < 1.29 is 16.5 Å². The largest absolute Gasteiger partial charge is 0.488 e. The zero-order valence-electron chi connectivity index (χ0n) is 14.0. The third kappa shape index (κ3) is 3.61. The van der Waals surface area contributed by atoms with E-state index in [2.05, 4.69) is 9.17 Å². The van der Waals surface area contributed by atoms with Gasteiger partial charge in [0.25, 0.3) is 5.56 Å². The van der Waals surface area contributed by atoms with Crippen molar-refractivity contribution in [2.75, 3.05) is 5.73 Å². The molecule has 0 saturated carbocycles. The summed E-state index contributed by atoms with van der Waals surface area (Å²) in [5.41, 5.74) is 5.80. The van der Waals surface area contributed by atoms with Gasteiger partial charge in [-0.05, 0) is 24.3 Å². The van der Waals surface area contributed by atoms with Crippen LogP contribution < -0.4 is 21.2 Å². The van der Waals surface area contributed by atoms with E-state index in [1.807, 2.05) is 0 Å². The lowest BCUT2D eigenvalue weighted by Crippen LogP contribution is -2.39. The van der Waals surface area contributed by atoms with E-state index in [-0.39, 0.29) is 17.1 Å². The molecule has 0 aliphatic heterocycles. The highest BCUT2D eigenvalue weighted by atomic mass is 32.3. The molecule has 0 aliphatic carbocycles. The van der Waals surface area contributed by atoms with Gasteiger partial charge in [-0.2, -0.15) is 8.42 Å². The summed E-state index contributed by atoms with van der Waals surface area (Å²) in [5.74, 6) is -0.189. The van der Waals surface area contributed by atoms with Crippen molar-refractivity contribution in [3.05, 3.63) is 50.5 Å². The third-order valence-corrected chi connectivity index (χ3v) is 5.05. The Kier molecular flexibility index (Phi) is 4.61. The molecule has 0 bridgehead atoms. The average Bonchev–Trinajstić information content (AvgIpc) is 3.07. The second-order valence-electron chi connectivity index (χ2n) is 5.50. The van der Waals surface area contributed by atoms with Crippen LogP contribution in [-0.4, -0.2) is 22.5 Å². The predicted octanol–water partition coefficient (Wildman–Crippen LogP) is 1.05. The highest BCUT2D eigenvalue weighted by Gasteiger charge is 2.18. The summed E-state index contributed by atoms with van der Waals surface area (Å²) in [4.78, 5) is 28.7. The average molecular weight is 412 g/mol. The number of thiazole rings is 1. The molecule has 142 valence electrons. The molecular formula is C15H13FN4O5S2. The molecule has 0 radical (unpaired) electrons. The Bertz CT molecular complexity index is 1240. The van der Waals surface area contributed by atoms with Crippen LogP contribution in [0.5, 0.6) is 5.75 Å². The SMILES string of the molecule is Cn1c(N)c(-c2csc(-c3ccc(OS(=O)(=O)F)cc3)n2)c(=O)n(C)c1=O. The molecule has 9 nitrogen and oxygen atoms in total. The first kappa shape index (κ1) is 18.8. The van der Waals surface area contributed by atoms with Gasteiger partial charge in [-0.25, -0.2) is 9.78 Å². The third-order valence-electron chi connectivity index (χ3n) is 3.77. The van der Waals surface area contributed by atoms with Gasteiger partial charge < -0.3 is 9.92 Å². The first-order valence-electron chi connectivity index (χ1n) is 7.34. The van der Waals surface area contributed by atoms with Gasteiger partial charge in [0, 0.05) is 25.0 Å².